The second-order valence-electron chi connectivity index (χ2n) is 9.30. The number of imide groups is 1. The zero-order chi connectivity index (χ0) is 23.0. The predicted octanol–water partition coefficient (Wildman–Crippen LogP) is 1.73. The number of hydrogen-bond acceptors (Lipinski definition) is 6. The van der Waals surface area contributed by atoms with Gasteiger partial charge in [-0.3, -0.25) is 19.7 Å². The molecule has 2 saturated heterocycles. The van der Waals surface area contributed by atoms with E-state index >= 15 is 4.39 Å². The highest BCUT2D eigenvalue weighted by Gasteiger charge is 2.55. The van der Waals surface area contributed by atoms with Crippen LogP contribution in [0.2, 0.25) is 0 Å². The van der Waals surface area contributed by atoms with Gasteiger partial charge in [-0.05, 0) is 37.8 Å². The number of piperidine rings is 1. The van der Waals surface area contributed by atoms with Crippen molar-refractivity contribution in [3.8, 4) is 0 Å². The minimum absolute atomic E-state index is 0.0221. The van der Waals surface area contributed by atoms with Crippen molar-refractivity contribution in [1.82, 2.24) is 10.2 Å². The molecule has 0 radical (unpaired) electrons. The highest BCUT2D eigenvalue weighted by molar-refractivity contribution is 6.00. The molecule has 1 unspecified atom stereocenters. The summed E-state index contributed by atoms with van der Waals surface area (Å²) >= 11 is 0. The van der Waals surface area contributed by atoms with E-state index in [1.165, 1.54) is 4.90 Å². The molecule has 4 rings (SSSR count). The number of rotatable bonds is 8. The molecule has 3 aliphatic rings. The third kappa shape index (κ3) is 3.99. The van der Waals surface area contributed by atoms with Crippen molar-refractivity contribution in [3.05, 3.63) is 29.1 Å². The molecule has 1 aromatic rings. The van der Waals surface area contributed by atoms with Crippen molar-refractivity contribution in [1.29, 1.82) is 0 Å². The van der Waals surface area contributed by atoms with Gasteiger partial charge in [0.05, 0.1) is 5.69 Å². The zero-order valence-electron chi connectivity index (χ0n) is 18.7. The maximum Gasteiger partial charge on any atom is 0.249 e. The van der Waals surface area contributed by atoms with Crippen LogP contribution in [0.1, 0.15) is 36.8 Å². The summed E-state index contributed by atoms with van der Waals surface area (Å²) in [4.78, 5) is 38.6. The molecular formula is C23H30FN3O5. The maximum atomic E-state index is 15.5. The molecule has 1 aliphatic carbocycles. The predicted molar refractivity (Wildman–Crippen MR) is 114 cm³/mol. The summed E-state index contributed by atoms with van der Waals surface area (Å²) in [6, 6.07) is 2.85. The van der Waals surface area contributed by atoms with E-state index in [1.54, 1.807) is 27.2 Å². The molecule has 8 nitrogen and oxygen atoms in total. The van der Waals surface area contributed by atoms with E-state index < -0.39 is 11.9 Å². The van der Waals surface area contributed by atoms with Crippen molar-refractivity contribution in [2.45, 2.75) is 51.5 Å². The van der Waals surface area contributed by atoms with Crippen LogP contribution in [0.3, 0.4) is 0 Å². The van der Waals surface area contributed by atoms with Gasteiger partial charge < -0.3 is 19.3 Å². The van der Waals surface area contributed by atoms with Gasteiger partial charge in [-0.25, -0.2) is 4.39 Å². The van der Waals surface area contributed by atoms with Gasteiger partial charge in [0.25, 0.3) is 0 Å². The summed E-state index contributed by atoms with van der Waals surface area (Å²) < 4.78 is 26.3. The number of nitrogens with zero attached hydrogens (tertiary/aromatic N) is 2. The number of anilines is 1. The lowest BCUT2D eigenvalue weighted by Gasteiger charge is -2.60. The van der Waals surface area contributed by atoms with Gasteiger partial charge in [0, 0.05) is 57.2 Å². The molecule has 1 N–H and O–H groups in total. The van der Waals surface area contributed by atoms with Crippen LogP contribution in [0, 0.1) is 24.1 Å². The Kier molecular flexibility index (Phi) is 6.22. The standard InChI is InChI=1S/C23H30FN3O5/c1-14-4-5-17(27-11-23(12-27)8-15(9-23)22(31-2)32-3)20(24)16(14)10-26(13-28)18-6-7-19(29)25-21(18)30/h4-5,13,15,18,22H,6-12H2,1-3H3,(H,25,29,30). The fourth-order valence-electron chi connectivity index (χ4n) is 5.46. The molecule has 0 bridgehead atoms. The van der Waals surface area contributed by atoms with E-state index in [-0.39, 0.29) is 42.8 Å². The normalized spacial score (nSPS) is 22.5. The molecule has 3 amide bonds. The number of carbonyl (C=O) groups excluding carboxylic acids is 3. The van der Waals surface area contributed by atoms with Gasteiger partial charge in [0.2, 0.25) is 18.2 Å². The number of halogens is 1. The molecule has 1 atom stereocenters. The second kappa shape index (κ2) is 8.78. The summed E-state index contributed by atoms with van der Waals surface area (Å²) in [5.41, 5.74) is 1.81. The number of hydrogen-bond donors (Lipinski definition) is 1. The van der Waals surface area contributed by atoms with Crippen LogP contribution in [0.15, 0.2) is 12.1 Å². The first-order valence-electron chi connectivity index (χ1n) is 10.9. The number of ether oxygens (including phenoxy) is 2. The van der Waals surface area contributed by atoms with Crippen molar-refractivity contribution in [2.24, 2.45) is 11.3 Å². The Morgan fingerprint density at radius 3 is 2.56 bits per heavy atom. The first-order chi connectivity index (χ1) is 15.3. The molecule has 32 heavy (non-hydrogen) atoms. The van der Waals surface area contributed by atoms with Gasteiger partial charge in [-0.1, -0.05) is 6.07 Å². The third-order valence-corrected chi connectivity index (χ3v) is 7.18. The molecule has 2 aliphatic heterocycles. The Labute approximate surface area is 187 Å². The van der Waals surface area contributed by atoms with Gasteiger partial charge in [0.15, 0.2) is 12.1 Å². The number of nitrogens with one attached hydrogen (secondary N) is 1. The van der Waals surface area contributed by atoms with Gasteiger partial charge in [0.1, 0.15) is 6.04 Å². The Bertz CT molecular complexity index is 905. The minimum Gasteiger partial charge on any atom is -0.368 e. The second-order valence-corrected chi connectivity index (χ2v) is 9.30. The van der Waals surface area contributed by atoms with Crippen molar-refractivity contribution < 1.29 is 28.2 Å². The van der Waals surface area contributed by atoms with E-state index in [1.807, 2.05) is 11.0 Å². The van der Waals surface area contributed by atoms with E-state index in [0.717, 1.165) is 25.9 Å². The van der Waals surface area contributed by atoms with Crippen molar-refractivity contribution in [3.63, 3.8) is 0 Å². The average molecular weight is 448 g/mol. The number of benzene rings is 1. The number of amides is 3. The van der Waals surface area contributed by atoms with Crippen molar-refractivity contribution >= 4 is 23.9 Å². The van der Waals surface area contributed by atoms with Crippen LogP contribution in [0.25, 0.3) is 0 Å². The molecule has 9 heteroatoms. The Hall–Kier alpha value is -2.52. The van der Waals surface area contributed by atoms with Gasteiger partial charge in [-0.2, -0.15) is 0 Å². The first kappa shape index (κ1) is 22.7. The van der Waals surface area contributed by atoms with E-state index in [0.29, 0.717) is 29.1 Å². The number of methoxy groups -OCH3 is 2. The lowest BCUT2D eigenvalue weighted by atomic mass is 9.57. The fourth-order valence-corrected chi connectivity index (χ4v) is 5.46. The molecule has 0 aromatic heterocycles. The lowest BCUT2D eigenvalue weighted by molar-refractivity contribution is -0.185. The molecule has 1 spiro atoms. The van der Waals surface area contributed by atoms with Gasteiger partial charge in [-0.15, -0.1) is 0 Å². The smallest absolute Gasteiger partial charge is 0.249 e. The topological polar surface area (TPSA) is 88.2 Å². The van der Waals surface area contributed by atoms with Crippen LogP contribution in [-0.4, -0.2) is 62.8 Å². The van der Waals surface area contributed by atoms with Crippen LogP contribution in [-0.2, 0) is 30.4 Å². The molecular weight excluding hydrogens is 417 g/mol. The highest BCUT2D eigenvalue weighted by atomic mass is 19.1. The van der Waals surface area contributed by atoms with Crippen LogP contribution in [0.5, 0.6) is 0 Å². The SMILES string of the molecule is COC(OC)C1CC2(C1)CN(c1ccc(C)c(CN(C=O)C3CCC(=O)NC3=O)c1F)C2. The highest BCUT2D eigenvalue weighted by Crippen LogP contribution is 2.54. The quantitative estimate of drug-likeness (QED) is 0.371. The lowest BCUT2D eigenvalue weighted by Crippen LogP contribution is -2.64. The Morgan fingerprint density at radius 1 is 1.28 bits per heavy atom. The third-order valence-electron chi connectivity index (χ3n) is 7.18. The summed E-state index contributed by atoms with van der Waals surface area (Å²) in [5.74, 6) is -0.868. The van der Waals surface area contributed by atoms with Gasteiger partial charge >= 0.3 is 0 Å². The largest absolute Gasteiger partial charge is 0.368 e. The van der Waals surface area contributed by atoms with Crippen LogP contribution < -0.4 is 10.2 Å². The summed E-state index contributed by atoms with van der Waals surface area (Å²) in [6.45, 7) is 3.31. The summed E-state index contributed by atoms with van der Waals surface area (Å²) in [5, 5.41) is 2.25. The van der Waals surface area contributed by atoms with Crippen LogP contribution in [0.4, 0.5) is 10.1 Å². The Balaban J connectivity index is 1.44. The Morgan fingerprint density at radius 2 is 1.97 bits per heavy atom. The molecule has 174 valence electrons. The zero-order valence-corrected chi connectivity index (χ0v) is 18.7. The maximum absolute atomic E-state index is 15.5. The van der Waals surface area contributed by atoms with Crippen LogP contribution >= 0.6 is 0 Å². The first-order valence-corrected chi connectivity index (χ1v) is 10.9. The number of carbonyl (C=O) groups is 3. The monoisotopic (exact) mass is 447 g/mol. The molecule has 1 aromatic carbocycles. The molecule has 3 fully saturated rings. The van der Waals surface area contributed by atoms with E-state index in [4.69, 9.17) is 9.47 Å². The molecule has 2 heterocycles. The summed E-state index contributed by atoms with van der Waals surface area (Å²) in [6.07, 6.45) is 2.74. The number of aryl methyl sites for hydroxylation is 1. The molecule has 1 saturated carbocycles. The van der Waals surface area contributed by atoms with E-state index in [2.05, 4.69) is 5.32 Å². The summed E-state index contributed by atoms with van der Waals surface area (Å²) in [7, 11) is 3.29. The van der Waals surface area contributed by atoms with Crippen molar-refractivity contribution in [2.75, 3.05) is 32.2 Å². The minimum atomic E-state index is -0.777. The average Bonchev–Trinajstić information content (AvgIpc) is 2.70. The van der Waals surface area contributed by atoms with E-state index in [9.17, 15) is 14.4 Å². The fraction of sp³-hybridized carbons (Fsp3) is 0.609.